The highest BCUT2D eigenvalue weighted by molar-refractivity contribution is 5.81. The largest absolute Gasteiger partial charge is 0.460 e. The lowest BCUT2D eigenvalue weighted by atomic mass is 9.72. The fourth-order valence-corrected chi connectivity index (χ4v) is 10.4. The van der Waals surface area contributed by atoms with Gasteiger partial charge >= 0.3 is 5.97 Å². The van der Waals surface area contributed by atoms with E-state index in [0.29, 0.717) is 6.42 Å². The molecule has 22 heteroatoms. The SMILES string of the molecule is COC1CCCC(C=CC(=O)OC[C@H]2O[C@@H](OC[C@H]3O[C@@H](OC4CC5C(O)CC(O)CC5[OH+]C4C4CCC(O)C(O)C4)[C@H](O[C@@H]4OC[C@@H](O)[C@H](O)[C@H]4O)[C@@H](O)[C@H]3O)[C@H](O)[C@@H](O)[C@@H]2O)C1. The molecule has 4 aliphatic heterocycles. The topological polar surface area (TPSA) is 346 Å². The highest BCUT2D eigenvalue weighted by Gasteiger charge is 2.56. The number of carbonyl (C=O) groups excluding carboxylic acids is 1. The van der Waals surface area contributed by atoms with Crippen LogP contribution in [0.4, 0.5) is 0 Å². The standard InChI is InChI=1S/C42H68O22/c1-56-20-4-2-3-17(9-20)5-8-30(48)57-15-28-32(50)34(52)37(55)40(62-28)59-16-29-33(51)35(53)39(64-41-36(54)31(49)25(47)14-58-41)42(63-29)61-27-13-21-23(45)11-19(43)12-26(21)60-38(27)18-6-7-22(44)24(46)10-18/h5,8,17-29,31-47,49-55H,2-4,6-7,9-16H2,1H3/p+1/t17?,18?,19?,20?,21?,22?,23?,24?,25-,26?,27?,28-,29-,31+,32-,33+,34+,35+,36-,37-,38?,39-,40-,41+,42-/m1/s1. The Kier molecular flexibility index (Phi) is 17.5. The Labute approximate surface area is 370 Å². The number of rotatable bonds is 13. The number of hydrogen-bond donors (Lipinski definition) is 12. The van der Waals surface area contributed by atoms with Crippen molar-refractivity contribution >= 4 is 5.97 Å². The monoisotopic (exact) mass is 925 g/mol. The van der Waals surface area contributed by atoms with Gasteiger partial charge in [-0.2, -0.15) is 0 Å². The molecule has 0 amide bonds. The van der Waals surface area contributed by atoms with Crippen LogP contribution in [0.25, 0.3) is 0 Å². The summed E-state index contributed by atoms with van der Waals surface area (Å²) >= 11 is 0. The minimum atomic E-state index is -1.89. The molecule has 4 saturated heterocycles. The van der Waals surface area contributed by atoms with Crippen molar-refractivity contribution in [3.05, 3.63) is 12.2 Å². The number of allylic oxidation sites excluding steroid dienone is 1. The van der Waals surface area contributed by atoms with Gasteiger partial charge in [-0.1, -0.05) is 12.5 Å². The molecule has 3 saturated carbocycles. The maximum atomic E-state index is 12.6. The third-order valence-electron chi connectivity index (χ3n) is 14.3. The molecular formula is C42H69O22+. The zero-order valence-electron chi connectivity index (χ0n) is 35.8. The molecule has 64 heavy (non-hydrogen) atoms. The van der Waals surface area contributed by atoms with Crippen LogP contribution in [0.3, 0.4) is 0 Å². The van der Waals surface area contributed by atoms with E-state index in [1.807, 2.05) is 0 Å². The molecule has 0 bridgehead atoms. The third kappa shape index (κ3) is 11.6. The van der Waals surface area contributed by atoms with E-state index in [9.17, 15) is 66.1 Å². The van der Waals surface area contributed by atoms with E-state index in [2.05, 4.69) is 0 Å². The summed E-state index contributed by atoms with van der Waals surface area (Å²) < 4.78 is 51.5. The quantitative estimate of drug-likeness (QED) is 0.0468. The van der Waals surface area contributed by atoms with Gasteiger partial charge in [0.1, 0.15) is 79.9 Å². The smallest absolute Gasteiger partial charge is 0.330 e. The first-order valence-corrected chi connectivity index (χ1v) is 22.6. The summed E-state index contributed by atoms with van der Waals surface area (Å²) in [5.41, 5.74) is 0. The summed E-state index contributed by atoms with van der Waals surface area (Å²) in [5.74, 6) is -1.43. The maximum absolute atomic E-state index is 12.6. The second-order valence-electron chi connectivity index (χ2n) is 18.7. The molecule has 22 nitrogen and oxygen atoms in total. The normalized spacial score (nSPS) is 50.5. The minimum Gasteiger partial charge on any atom is -0.460 e. The molecule has 0 aromatic heterocycles. The molecule has 11 unspecified atom stereocenters. The maximum Gasteiger partial charge on any atom is 0.330 e. The molecule has 368 valence electrons. The Hall–Kier alpha value is -1.59. The molecule has 25 atom stereocenters. The molecule has 7 rings (SSSR count). The second kappa shape index (κ2) is 22.2. The van der Waals surface area contributed by atoms with Crippen LogP contribution >= 0.6 is 0 Å². The van der Waals surface area contributed by atoms with Crippen LogP contribution in [0.2, 0.25) is 0 Å². The Morgan fingerprint density at radius 1 is 0.656 bits per heavy atom. The lowest BCUT2D eigenvalue weighted by Gasteiger charge is -2.49. The predicted molar refractivity (Wildman–Crippen MR) is 212 cm³/mol. The Bertz CT molecular complexity index is 1510. The lowest BCUT2D eigenvalue weighted by Crippen LogP contribution is -2.65. The van der Waals surface area contributed by atoms with Crippen molar-refractivity contribution in [3.8, 4) is 0 Å². The molecular weight excluding hydrogens is 856 g/mol. The Morgan fingerprint density at radius 2 is 1.38 bits per heavy atom. The predicted octanol–water partition coefficient (Wildman–Crippen LogP) is -4.91. The van der Waals surface area contributed by atoms with E-state index >= 15 is 0 Å². The Balaban J connectivity index is 1.06. The van der Waals surface area contributed by atoms with Crippen molar-refractivity contribution in [2.45, 2.75) is 199 Å². The van der Waals surface area contributed by atoms with Crippen molar-refractivity contribution in [2.24, 2.45) is 17.8 Å². The number of esters is 1. The molecule has 13 N–H and O–H groups in total. The fraction of sp³-hybridized carbons (Fsp3) is 0.929. The first kappa shape index (κ1) is 50.3. The summed E-state index contributed by atoms with van der Waals surface area (Å²) in [5, 5.41) is 129. The molecule has 7 aliphatic rings. The van der Waals surface area contributed by atoms with Gasteiger partial charge in [-0.25, -0.2) is 4.79 Å². The third-order valence-corrected chi connectivity index (χ3v) is 14.3. The van der Waals surface area contributed by atoms with Crippen LogP contribution in [0.15, 0.2) is 12.2 Å². The molecule has 0 aromatic rings. The van der Waals surface area contributed by atoms with Gasteiger partial charge in [0.15, 0.2) is 31.1 Å². The summed E-state index contributed by atoms with van der Waals surface area (Å²) in [6.07, 6.45) is -21.4. The number of fused-ring (bicyclic) bond motifs is 1. The van der Waals surface area contributed by atoms with Crippen LogP contribution in [0.1, 0.15) is 64.2 Å². The van der Waals surface area contributed by atoms with Crippen LogP contribution in [-0.4, -0.2) is 234 Å². The lowest BCUT2D eigenvalue weighted by molar-refractivity contribution is -0.385. The molecule has 4 heterocycles. The number of aliphatic hydroxyl groups is 14. The van der Waals surface area contributed by atoms with Gasteiger partial charge < -0.3 is 104 Å². The van der Waals surface area contributed by atoms with Gasteiger partial charge in [0.2, 0.25) is 0 Å². The van der Waals surface area contributed by atoms with Crippen LogP contribution in [0, 0.1) is 17.8 Å². The summed E-state index contributed by atoms with van der Waals surface area (Å²) in [7, 11) is 1.64. The molecule has 3 aliphatic carbocycles. The van der Waals surface area contributed by atoms with Crippen LogP contribution in [-0.2, 0) is 42.7 Å². The zero-order valence-corrected chi connectivity index (χ0v) is 35.8. The summed E-state index contributed by atoms with van der Waals surface area (Å²) in [4.78, 5) is 12.6. The zero-order chi connectivity index (χ0) is 46.0. The van der Waals surface area contributed by atoms with Crippen LogP contribution in [0.5, 0.6) is 0 Å². The average Bonchev–Trinajstić information content (AvgIpc) is 3.27. The van der Waals surface area contributed by atoms with Crippen molar-refractivity contribution in [1.29, 1.82) is 0 Å². The van der Waals surface area contributed by atoms with Gasteiger partial charge in [0.05, 0.1) is 49.7 Å². The van der Waals surface area contributed by atoms with Gasteiger partial charge in [0, 0.05) is 31.9 Å². The average molecular weight is 926 g/mol. The van der Waals surface area contributed by atoms with Gasteiger partial charge in [-0.15, -0.1) is 0 Å². The molecule has 0 aromatic carbocycles. The number of aliphatic hydroxyl groups excluding tert-OH is 12. The summed E-state index contributed by atoms with van der Waals surface area (Å²) in [6.45, 7) is -1.63. The number of hydrogen-bond acceptors (Lipinski definition) is 21. The fourth-order valence-electron chi connectivity index (χ4n) is 10.4. The molecule has 0 radical (unpaired) electrons. The minimum absolute atomic E-state index is 0.0949. The first-order chi connectivity index (χ1) is 30.5. The second-order valence-corrected chi connectivity index (χ2v) is 18.7. The van der Waals surface area contributed by atoms with Crippen molar-refractivity contribution < 1.29 is 109 Å². The van der Waals surface area contributed by atoms with Gasteiger partial charge in [0.25, 0.3) is 0 Å². The summed E-state index contributed by atoms with van der Waals surface area (Å²) in [6, 6.07) is 0. The molecule has 0 spiro atoms. The van der Waals surface area contributed by atoms with Gasteiger partial charge in [-0.05, 0) is 50.9 Å². The van der Waals surface area contributed by atoms with E-state index in [0.717, 1.165) is 25.7 Å². The van der Waals surface area contributed by atoms with Crippen molar-refractivity contribution in [3.63, 3.8) is 0 Å². The number of carbonyl (C=O) groups is 1. The molecule has 7 fully saturated rings. The highest BCUT2D eigenvalue weighted by atomic mass is 16.8. The van der Waals surface area contributed by atoms with E-state index < -0.39 is 160 Å². The highest BCUT2D eigenvalue weighted by Crippen LogP contribution is 2.43. The van der Waals surface area contributed by atoms with Crippen molar-refractivity contribution in [2.75, 3.05) is 26.9 Å². The number of ether oxygens (including phenoxy) is 9. The Morgan fingerprint density at radius 3 is 2.12 bits per heavy atom. The van der Waals surface area contributed by atoms with E-state index in [1.165, 1.54) is 6.08 Å². The van der Waals surface area contributed by atoms with Crippen LogP contribution < -0.4 is 0 Å². The van der Waals surface area contributed by atoms with Crippen molar-refractivity contribution in [1.82, 2.24) is 0 Å². The van der Waals surface area contributed by atoms with E-state index in [-0.39, 0.29) is 50.0 Å². The first-order valence-electron chi connectivity index (χ1n) is 22.6. The van der Waals surface area contributed by atoms with Gasteiger partial charge in [-0.3, -0.25) is 0 Å². The number of methoxy groups -OCH3 is 1. The van der Waals surface area contributed by atoms with E-state index in [1.54, 1.807) is 13.2 Å². The van der Waals surface area contributed by atoms with E-state index in [4.69, 9.17) is 42.6 Å².